The smallest absolute Gasteiger partial charge is 0.387 e. The number of hydrogen-bond acceptors (Lipinski definition) is 3. The van der Waals surface area contributed by atoms with Crippen molar-refractivity contribution in [2.24, 2.45) is 4.99 Å². The van der Waals surface area contributed by atoms with Gasteiger partial charge in [-0.2, -0.15) is 8.78 Å². The van der Waals surface area contributed by atoms with Gasteiger partial charge in [0.05, 0.1) is 7.11 Å². The Hall–Kier alpha value is -2.77. The SMILES string of the molecule is CCNC(=NCCc1ccc(OC)c(OC(F)F)c1)NCCn1cccc1. The summed E-state index contributed by atoms with van der Waals surface area (Å²) in [7, 11) is 1.42. The molecule has 0 aliphatic carbocycles. The highest BCUT2D eigenvalue weighted by molar-refractivity contribution is 5.79. The number of aromatic nitrogens is 1. The zero-order valence-electron chi connectivity index (χ0n) is 15.6. The average molecular weight is 380 g/mol. The fourth-order valence-corrected chi connectivity index (χ4v) is 2.53. The maximum atomic E-state index is 12.5. The van der Waals surface area contributed by atoms with Gasteiger partial charge in [0.25, 0.3) is 0 Å². The molecule has 0 fully saturated rings. The highest BCUT2D eigenvalue weighted by Gasteiger charge is 2.11. The molecule has 2 aromatic rings. The lowest BCUT2D eigenvalue weighted by atomic mass is 10.1. The Labute approximate surface area is 158 Å². The Morgan fingerprint density at radius 1 is 1.19 bits per heavy atom. The number of aliphatic imine (C=N–C) groups is 1. The Kier molecular flexibility index (Phi) is 8.41. The van der Waals surface area contributed by atoms with Gasteiger partial charge in [-0.3, -0.25) is 4.99 Å². The third-order valence-electron chi connectivity index (χ3n) is 3.79. The first-order valence-corrected chi connectivity index (χ1v) is 8.87. The van der Waals surface area contributed by atoms with Gasteiger partial charge in [0.2, 0.25) is 0 Å². The Bertz CT molecular complexity index is 706. The molecule has 1 aromatic carbocycles. The quantitative estimate of drug-likeness (QED) is 0.492. The molecular formula is C19H26F2N4O2. The predicted octanol–water partition coefficient (Wildman–Crippen LogP) is 2.90. The lowest BCUT2D eigenvalue weighted by molar-refractivity contribution is -0.0512. The van der Waals surface area contributed by atoms with Gasteiger partial charge >= 0.3 is 6.61 Å². The van der Waals surface area contributed by atoms with E-state index in [-0.39, 0.29) is 11.5 Å². The van der Waals surface area contributed by atoms with Crippen LogP contribution in [0.5, 0.6) is 11.5 Å². The summed E-state index contributed by atoms with van der Waals surface area (Å²) in [4.78, 5) is 4.53. The van der Waals surface area contributed by atoms with E-state index in [1.165, 1.54) is 7.11 Å². The first-order valence-electron chi connectivity index (χ1n) is 8.87. The Balaban J connectivity index is 1.89. The molecule has 0 unspecified atom stereocenters. The minimum Gasteiger partial charge on any atom is -0.493 e. The second kappa shape index (κ2) is 11.1. The van der Waals surface area contributed by atoms with Crippen LogP contribution in [-0.4, -0.2) is 43.9 Å². The second-order valence-corrected chi connectivity index (χ2v) is 5.72. The van der Waals surface area contributed by atoms with Gasteiger partial charge in [0, 0.05) is 38.6 Å². The van der Waals surface area contributed by atoms with Gasteiger partial charge in [-0.25, -0.2) is 0 Å². The van der Waals surface area contributed by atoms with Crippen molar-refractivity contribution in [1.29, 1.82) is 0 Å². The van der Waals surface area contributed by atoms with Crippen LogP contribution in [0.3, 0.4) is 0 Å². The number of alkyl halides is 2. The maximum absolute atomic E-state index is 12.5. The zero-order valence-corrected chi connectivity index (χ0v) is 15.6. The van der Waals surface area contributed by atoms with Crippen LogP contribution >= 0.6 is 0 Å². The first-order chi connectivity index (χ1) is 13.1. The highest BCUT2D eigenvalue weighted by atomic mass is 19.3. The summed E-state index contributed by atoms with van der Waals surface area (Å²) in [6.45, 7) is 1.96. The maximum Gasteiger partial charge on any atom is 0.387 e. The van der Waals surface area contributed by atoms with Crippen molar-refractivity contribution >= 4 is 5.96 Å². The van der Waals surface area contributed by atoms with E-state index in [4.69, 9.17) is 4.74 Å². The number of methoxy groups -OCH3 is 1. The van der Waals surface area contributed by atoms with Gasteiger partial charge in [-0.15, -0.1) is 0 Å². The normalized spacial score (nSPS) is 11.5. The van der Waals surface area contributed by atoms with E-state index in [9.17, 15) is 8.78 Å². The van der Waals surface area contributed by atoms with Crippen molar-refractivity contribution in [2.75, 3.05) is 26.7 Å². The van der Waals surface area contributed by atoms with Gasteiger partial charge < -0.3 is 24.7 Å². The van der Waals surface area contributed by atoms with Crippen molar-refractivity contribution in [2.45, 2.75) is 26.5 Å². The number of guanidine groups is 1. The summed E-state index contributed by atoms with van der Waals surface area (Å²) >= 11 is 0. The molecule has 0 amide bonds. The molecule has 0 aliphatic heterocycles. The number of ether oxygens (including phenoxy) is 2. The summed E-state index contributed by atoms with van der Waals surface area (Å²) in [5.41, 5.74) is 0.846. The van der Waals surface area contributed by atoms with E-state index in [1.807, 2.05) is 37.5 Å². The molecule has 6 nitrogen and oxygen atoms in total. The molecule has 0 aliphatic rings. The molecule has 8 heteroatoms. The van der Waals surface area contributed by atoms with Gasteiger partial charge in [-0.1, -0.05) is 6.07 Å². The van der Waals surface area contributed by atoms with E-state index in [1.54, 1.807) is 12.1 Å². The Morgan fingerprint density at radius 3 is 2.63 bits per heavy atom. The molecule has 0 radical (unpaired) electrons. The molecule has 0 atom stereocenters. The number of nitrogens with one attached hydrogen (secondary N) is 2. The summed E-state index contributed by atoms with van der Waals surface area (Å²) in [6, 6.07) is 8.98. The van der Waals surface area contributed by atoms with Crippen molar-refractivity contribution < 1.29 is 18.3 Å². The summed E-state index contributed by atoms with van der Waals surface area (Å²) < 4.78 is 36.7. The third kappa shape index (κ3) is 7.16. The minimum absolute atomic E-state index is 0.0331. The molecular weight excluding hydrogens is 354 g/mol. The lowest BCUT2D eigenvalue weighted by Crippen LogP contribution is -2.39. The van der Waals surface area contributed by atoms with Crippen LogP contribution in [0.25, 0.3) is 0 Å². The molecule has 1 aromatic heterocycles. The van der Waals surface area contributed by atoms with E-state index in [2.05, 4.69) is 24.9 Å². The van der Waals surface area contributed by atoms with Gasteiger partial charge in [-0.05, 0) is 43.2 Å². The third-order valence-corrected chi connectivity index (χ3v) is 3.79. The molecule has 2 N–H and O–H groups in total. The first kappa shape index (κ1) is 20.5. The van der Waals surface area contributed by atoms with Crippen LogP contribution in [0.4, 0.5) is 8.78 Å². The van der Waals surface area contributed by atoms with Crippen molar-refractivity contribution in [3.8, 4) is 11.5 Å². The molecule has 2 rings (SSSR count). The van der Waals surface area contributed by atoms with Gasteiger partial charge in [0.1, 0.15) is 0 Å². The molecule has 0 spiro atoms. The van der Waals surface area contributed by atoms with Crippen molar-refractivity contribution in [3.63, 3.8) is 0 Å². The van der Waals surface area contributed by atoms with Crippen LogP contribution < -0.4 is 20.1 Å². The standard InChI is InChI=1S/C19H26F2N4O2/c1-3-22-19(24-10-13-25-11-4-5-12-25)23-9-8-15-6-7-16(26-2)17(14-15)27-18(20)21/h4-7,11-12,14,18H,3,8-10,13H2,1-2H3,(H2,22,23,24). The molecule has 0 saturated carbocycles. The molecule has 1 heterocycles. The molecule has 27 heavy (non-hydrogen) atoms. The Morgan fingerprint density at radius 2 is 1.96 bits per heavy atom. The van der Waals surface area contributed by atoms with E-state index >= 15 is 0 Å². The number of rotatable bonds is 10. The monoisotopic (exact) mass is 380 g/mol. The number of benzene rings is 1. The molecule has 0 saturated heterocycles. The molecule has 0 bridgehead atoms. The number of nitrogens with zero attached hydrogens (tertiary/aromatic N) is 2. The summed E-state index contributed by atoms with van der Waals surface area (Å²) in [5.74, 6) is 1.04. The van der Waals surface area contributed by atoms with Crippen molar-refractivity contribution in [3.05, 3.63) is 48.3 Å². The minimum atomic E-state index is -2.89. The molecule has 148 valence electrons. The van der Waals surface area contributed by atoms with Crippen LogP contribution in [0, 0.1) is 0 Å². The second-order valence-electron chi connectivity index (χ2n) is 5.72. The highest BCUT2D eigenvalue weighted by Crippen LogP contribution is 2.29. The largest absolute Gasteiger partial charge is 0.493 e. The number of halogens is 2. The zero-order chi connectivity index (χ0) is 19.5. The van der Waals surface area contributed by atoms with E-state index in [0.717, 1.165) is 31.2 Å². The van der Waals surface area contributed by atoms with Crippen LogP contribution in [-0.2, 0) is 13.0 Å². The van der Waals surface area contributed by atoms with E-state index in [0.29, 0.717) is 13.0 Å². The van der Waals surface area contributed by atoms with Crippen molar-refractivity contribution in [1.82, 2.24) is 15.2 Å². The summed E-state index contributed by atoms with van der Waals surface area (Å²) in [6.07, 6.45) is 4.61. The van der Waals surface area contributed by atoms with Crippen LogP contribution in [0.1, 0.15) is 12.5 Å². The summed E-state index contributed by atoms with van der Waals surface area (Å²) in [5, 5.41) is 6.47. The van der Waals surface area contributed by atoms with Gasteiger partial charge in [0.15, 0.2) is 17.5 Å². The lowest BCUT2D eigenvalue weighted by Gasteiger charge is -2.13. The number of hydrogen-bond donors (Lipinski definition) is 2. The van der Waals surface area contributed by atoms with Crippen LogP contribution in [0.15, 0.2) is 47.7 Å². The predicted molar refractivity (Wildman–Crippen MR) is 102 cm³/mol. The fourth-order valence-electron chi connectivity index (χ4n) is 2.53. The fraction of sp³-hybridized carbons (Fsp3) is 0.421. The van der Waals surface area contributed by atoms with Crippen LogP contribution in [0.2, 0.25) is 0 Å². The van der Waals surface area contributed by atoms with E-state index < -0.39 is 6.61 Å². The average Bonchev–Trinajstić information content (AvgIpc) is 3.15. The topological polar surface area (TPSA) is 59.8 Å².